The van der Waals surface area contributed by atoms with Crippen molar-refractivity contribution in [1.29, 1.82) is 5.26 Å². The lowest BCUT2D eigenvalue weighted by molar-refractivity contribution is -0.122. The minimum absolute atomic E-state index is 0.143. The third kappa shape index (κ3) is 5.33. The second kappa shape index (κ2) is 8.23. The Hall–Kier alpha value is -2.48. The molecule has 124 valence electrons. The molecule has 0 bridgehead atoms. The van der Waals surface area contributed by atoms with E-state index < -0.39 is 5.41 Å². The summed E-state index contributed by atoms with van der Waals surface area (Å²) < 4.78 is 10.5. The number of nitriles is 1. The Bertz CT molecular complexity index is 622. The Morgan fingerprint density at radius 2 is 1.91 bits per heavy atom. The predicted molar refractivity (Wildman–Crippen MR) is 89.4 cm³/mol. The summed E-state index contributed by atoms with van der Waals surface area (Å²) in [4.78, 5) is 12.1. The van der Waals surface area contributed by atoms with Crippen LogP contribution in [0.25, 0.3) is 0 Å². The van der Waals surface area contributed by atoms with Crippen molar-refractivity contribution in [2.24, 2.45) is 5.41 Å². The lowest BCUT2D eigenvalue weighted by atomic mass is 9.87. The number of nitrogens with zero attached hydrogens (tertiary/aromatic N) is 1. The van der Waals surface area contributed by atoms with E-state index in [1.165, 1.54) is 6.20 Å². The summed E-state index contributed by atoms with van der Waals surface area (Å²) in [5.74, 6) is 1.20. The number of ketones is 1. The summed E-state index contributed by atoms with van der Waals surface area (Å²) >= 11 is 0. The Morgan fingerprint density at radius 1 is 1.26 bits per heavy atom. The van der Waals surface area contributed by atoms with Crippen LogP contribution in [0.15, 0.2) is 30.0 Å². The van der Waals surface area contributed by atoms with E-state index in [-0.39, 0.29) is 11.4 Å². The minimum atomic E-state index is -0.563. The smallest absolute Gasteiger partial charge is 0.180 e. The van der Waals surface area contributed by atoms with Crippen molar-refractivity contribution >= 4 is 5.78 Å². The fourth-order valence-electron chi connectivity index (χ4n) is 1.98. The molecule has 0 aromatic heterocycles. The number of methoxy groups -OCH3 is 2. The maximum Gasteiger partial charge on any atom is 0.180 e. The van der Waals surface area contributed by atoms with Gasteiger partial charge in [-0.05, 0) is 24.1 Å². The van der Waals surface area contributed by atoms with Crippen LogP contribution in [0, 0.1) is 16.7 Å². The minimum Gasteiger partial charge on any atom is -0.493 e. The molecule has 5 heteroatoms. The molecule has 0 aliphatic rings. The normalized spacial score (nSPS) is 11.6. The Morgan fingerprint density at radius 3 is 2.43 bits per heavy atom. The molecule has 1 rings (SSSR count). The largest absolute Gasteiger partial charge is 0.493 e. The molecule has 0 saturated heterocycles. The van der Waals surface area contributed by atoms with Crippen LogP contribution in [0.5, 0.6) is 11.5 Å². The van der Waals surface area contributed by atoms with Gasteiger partial charge in [-0.1, -0.05) is 26.8 Å². The van der Waals surface area contributed by atoms with Gasteiger partial charge in [0.05, 0.1) is 14.2 Å². The third-order valence-corrected chi connectivity index (χ3v) is 3.30. The van der Waals surface area contributed by atoms with Crippen molar-refractivity contribution in [3.63, 3.8) is 0 Å². The Kier molecular flexibility index (Phi) is 6.65. The first-order valence-corrected chi connectivity index (χ1v) is 7.42. The topological polar surface area (TPSA) is 71.3 Å². The molecular weight excluding hydrogens is 292 g/mol. The van der Waals surface area contributed by atoms with E-state index in [9.17, 15) is 4.79 Å². The summed E-state index contributed by atoms with van der Waals surface area (Å²) in [6, 6.07) is 7.68. The Labute approximate surface area is 137 Å². The fourth-order valence-corrected chi connectivity index (χ4v) is 1.98. The molecule has 0 aliphatic carbocycles. The molecule has 0 amide bonds. The first kappa shape index (κ1) is 18.6. The lowest BCUT2D eigenvalue weighted by Crippen LogP contribution is -2.23. The summed E-state index contributed by atoms with van der Waals surface area (Å²) in [5, 5.41) is 12.1. The first-order chi connectivity index (χ1) is 10.8. The van der Waals surface area contributed by atoms with E-state index in [1.54, 1.807) is 35.0 Å². The van der Waals surface area contributed by atoms with E-state index in [0.29, 0.717) is 18.0 Å². The van der Waals surface area contributed by atoms with Crippen LogP contribution < -0.4 is 14.8 Å². The number of hydrogen-bond acceptors (Lipinski definition) is 5. The molecule has 0 spiro atoms. The molecule has 0 radical (unpaired) electrons. The van der Waals surface area contributed by atoms with Gasteiger partial charge in [0.1, 0.15) is 11.6 Å². The van der Waals surface area contributed by atoms with Crippen LogP contribution in [0.3, 0.4) is 0 Å². The number of carbonyl (C=O) groups excluding carboxylic acids is 1. The summed E-state index contributed by atoms with van der Waals surface area (Å²) in [6.45, 7) is 6.00. The molecule has 0 fully saturated rings. The first-order valence-electron chi connectivity index (χ1n) is 7.42. The number of rotatable bonds is 7. The molecule has 5 nitrogen and oxygen atoms in total. The Balaban J connectivity index is 2.65. The van der Waals surface area contributed by atoms with Crippen molar-refractivity contribution < 1.29 is 14.3 Å². The van der Waals surface area contributed by atoms with Gasteiger partial charge in [-0.15, -0.1) is 0 Å². The fraction of sp³-hybridized carbons (Fsp3) is 0.444. The van der Waals surface area contributed by atoms with Gasteiger partial charge in [0.15, 0.2) is 17.3 Å². The van der Waals surface area contributed by atoms with Gasteiger partial charge in [0, 0.05) is 18.2 Å². The summed E-state index contributed by atoms with van der Waals surface area (Å²) in [6.07, 6.45) is 2.23. The van der Waals surface area contributed by atoms with E-state index in [4.69, 9.17) is 14.7 Å². The van der Waals surface area contributed by atoms with Gasteiger partial charge < -0.3 is 14.8 Å². The van der Waals surface area contributed by atoms with Gasteiger partial charge in [0.25, 0.3) is 0 Å². The highest BCUT2D eigenvalue weighted by atomic mass is 16.5. The number of ether oxygens (including phenoxy) is 2. The number of benzene rings is 1. The second-order valence-electron chi connectivity index (χ2n) is 6.14. The van der Waals surface area contributed by atoms with Crippen LogP contribution >= 0.6 is 0 Å². The standard InChI is InChI=1S/C18H24N2O3/c1-18(2,3)17(21)14(11-19)12-20-9-8-13-6-7-15(22-4)16(10-13)23-5/h6-7,10,12,20H,8-9H2,1-5H3/b14-12+. The SMILES string of the molecule is COc1ccc(CCN/C=C(\C#N)C(=O)C(C)(C)C)cc1OC. The molecule has 1 aromatic carbocycles. The van der Waals surface area contributed by atoms with E-state index in [1.807, 2.05) is 24.3 Å². The third-order valence-electron chi connectivity index (χ3n) is 3.30. The van der Waals surface area contributed by atoms with Crippen LogP contribution in [-0.4, -0.2) is 26.5 Å². The molecule has 0 unspecified atom stereocenters. The van der Waals surface area contributed by atoms with E-state index in [0.717, 1.165) is 12.0 Å². The maximum atomic E-state index is 12.1. The molecule has 0 aliphatic heterocycles. The zero-order valence-corrected chi connectivity index (χ0v) is 14.4. The number of carbonyl (C=O) groups is 1. The van der Waals surface area contributed by atoms with Gasteiger partial charge in [0.2, 0.25) is 0 Å². The van der Waals surface area contributed by atoms with Gasteiger partial charge in [-0.25, -0.2) is 0 Å². The van der Waals surface area contributed by atoms with Gasteiger partial charge in [-0.2, -0.15) is 5.26 Å². The van der Waals surface area contributed by atoms with E-state index >= 15 is 0 Å². The average molecular weight is 316 g/mol. The predicted octanol–water partition coefficient (Wildman–Crippen LogP) is 2.86. The molecule has 1 N–H and O–H groups in total. The van der Waals surface area contributed by atoms with Gasteiger partial charge in [-0.3, -0.25) is 4.79 Å². The number of nitrogens with one attached hydrogen (secondary N) is 1. The van der Waals surface area contributed by atoms with Crippen molar-refractivity contribution in [3.8, 4) is 17.6 Å². The second-order valence-corrected chi connectivity index (χ2v) is 6.14. The monoisotopic (exact) mass is 316 g/mol. The van der Waals surface area contributed by atoms with Gasteiger partial charge >= 0.3 is 0 Å². The molecule has 0 saturated carbocycles. The number of Topliss-reactive ketones (excluding diaryl/α,β-unsaturated/α-hetero) is 1. The quantitative estimate of drug-likeness (QED) is 0.476. The zero-order valence-electron chi connectivity index (χ0n) is 14.4. The van der Waals surface area contributed by atoms with Crippen LogP contribution in [0.1, 0.15) is 26.3 Å². The highest BCUT2D eigenvalue weighted by Gasteiger charge is 2.24. The average Bonchev–Trinajstić information content (AvgIpc) is 2.53. The summed E-state index contributed by atoms with van der Waals surface area (Å²) in [7, 11) is 3.19. The van der Waals surface area contributed by atoms with Crippen LogP contribution in [-0.2, 0) is 11.2 Å². The van der Waals surface area contributed by atoms with Crippen molar-refractivity contribution in [1.82, 2.24) is 5.32 Å². The van der Waals surface area contributed by atoms with E-state index in [2.05, 4.69) is 5.32 Å². The summed E-state index contributed by atoms with van der Waals surface area (Å²) in [5.41, 5.74) is 0.654. The zero-order chi connectivity index (χ0) is 17.5. The van der Waals surface area contributed by atoms with Crippen molar-refractivity contribution in [2.75, 3.05) is 20.8 Å². The number of hydrogen-bond donors (Lipinski definition) is 1. The highest BCUT2D eigenvalue weighted by Crippen LogP contribution is 2.27. The molecule has 23 heavy (non-hydrogen) atoms. The number of allylic oxidation sites excluding steroid dienone is 1. The van der Waals surface area contributed by atoms with Crippen LogP contribution in [0.4, 0.5) is 0 Å². The highest BCUT2D eigenvalue weighted by molar-refractivity contribution is 6.02. The molecular formula is C18H24N2O3. The van der Waals surface area contributed by atoms with Crippen LogP contribution in [0.2, 0.25) is 0 Å². The molecule has 0 atom stereocenters. The van der Waals surface area contributed by atoms with Crippen molar-refractivity contribution in [2.45, 2.75) is 27.2 Å². The lowest BCUT2D eigenvalue weighted by Gasteiger charge is -2.15. The van der Waals surface area contributed by atoms with Crippen molar-refractivity contribution in [3.05, 3.63) is 35.5 Å². The maximum absolute atomic E-state index is 12.1. The molecule has 1 aromatic rings. The molecule has 0 heterocycles.